The molecule has 148 valence electrons. The summed E-state index contributed by atoms with van der Waals surface area (Å²) in [7, 11) is 1.64. The molecule has 2 aromatic carbocycles. The molecule has 0 saturated carbocycles. The standard InChI is InChI=1S/C21H18N2O4S2/c1-3-27-20(26)15-8-10-16(11-9-15)22-18(24)14-6-4-13(5-7-14)12-17-19(25)23(2)21(28)29-17/h4-12H,3H2,1-2H3,(H,22,24)/b17-12+. The van der Waals surface area contributed by atoms with Gasteiger partial charge < -0.3 is 10.1 Å². The van der Waals surface area contributed by atoms with Gasteiger partial charge in [0.25, 0.3) is 11.8 Å². The Bertz CT molecular complexity index is 998. The van der Waals surface area contributed by atoms with Gasteiger partial charge in [-0.05, 0) is 55.0 Å². The molecule has 1 fully saturated rings. The number of likely N-dealkylation sites (N-methyl/N-ethyl adjacent to an activating group) is 1. The minimum Gasteiger partial charge on any atom is -0.462 e. The third kappa shape index (κ3) is 4.90. The summed E-state index contributed by atoms with van der Waals surface area (Å²) in [6.07, 6.45) is 1.75. The number of nitrogens with zero attached hydrogens (tertiary/aromatic N) is 1. The lowest BCUT2D eigenvalue weighted by atomic mass is 10.1. The van der Waals surface area contributed by atoms with Crippen molar-refractivity contribution in [3.63, 3.8) is 0 Å². The molecule has 1 aliphatic heterocycles. The number of carbonyl (C=O) groups excluding carboxylic acids is 3. The van der Waals surface area contributed by atoms with Crippen molar-refractivity contribution in [1.82, 2.24) is 4.90 Å². The molecule has 8 heteroatoms. The van der Waals surface area contributed by atoms with Gasteiger partial charge in [-0.15, -0.1) is 0 Å². The maximum Gasteiger partial charge on any atom is 0.338 e. The molecule has 1 aliphatic rings. The molecule has 2 amide bonds. The van der Waals surface area contributed by atoms with E-state index in [1.165, 1.54) is 16.7 Å². The first-order valence-electron chi connectivity index (χ1n) is 8.79. The van der Waals surface area contributed by atoms with Crippen molar-refractivity contribution in [2.45, 2.75) is 6.92 Å². The number of hydrogen-bond donors (Lipinski definition) is 1. The van der Waals surface area contributed by atoms with E-state index < -0.39 is 5.97 Å². The highest BCUT2D eigenvalue weighted by Gasteiger charge is 2.28. The average Bonchev–Trinajstić information content (AvgIpc) is 2.96. The molecule has 1 N–H and O–H groups in total. The van der Waals surface area contributed by atoms with Crippen LogP contribution in [-0.4, -0.2) is 40.7 Å². The van der Waals surface area contributed by atoms with Gasteiger partial charge in [0.1, 0.15) is 4.32 Å². The minimum atomic E-state index is -0.402. The van der Waals surface area contributed by atoms with E-state index in [1.54, 1.807) is 68.6 Å². The number of nitrogens with one attached hydrogen (secondary N) is 1. The Kier molecular flexibility index (Phi) is 6.46. The number of amides is 2. The summed E-state index contributed by atoms with van der Waals surface area (Å²) in [6, 6.07) is 13.4. The number of hydrogen-bond acceptors (Lipinski definition) is 6. The molecule has 2 aromatic rings. The first-order valence-corrected chi connectivity index (χ1v) is 10.0. The first-order chi connectivity index (χ1) is 13.9. The number of benzene rings is 2. The third-order valence-electron chi connectivity index (χ3n) is 4.11. The van der Waals surface area contributed by atoms with Crippen LogP contribution in [0.15, 0.2) is 53.4 Å². The second-order valence-corrected chi connectivity index (χ2v) is 7.79. The minimum absolute atomic E-state index is 0.131. The van der Waals surface area contributed by atoms with Crippen LogP contribution in [0.5, 0.6) is 0 Å². The quantitative estimate of drug-likeness (QED) is 0.443. The maximum absolute atomic E-state index is 12.4. The Labute approximate surface area is 177 Å². The zero-order chi connectivity index (χ0) is 21.0. The van der Waals surface area contributed by atoms with Gasteiger partial charge in [0.15, 0.2) is 0 Å². The Morgan fingerprint density at radius 3 is 2.28 bits per heavy atom. The van der Waals surface area contributed by atoms with E-state index in [2.05, 4.69) is 5.32 Å². The van der Waals surface area contributed by atoms with Crippen molar-refractivity contribution in [3.05, 3.63) is 70.1 Å². The normalized spacial score (nSPS) is 15.0. The zero-order valence-corrected chi connectivity index (χ0v) is 17.4. The monoisotopic (exact) mass is 426 g/mol. The van der Waals surface area contributed by atoms with Gasteiger partial charge in [-0.2, -0.15) is 0 Å². The highest BCUT2D eigenvalue weighted by molar-refractivity contribution is 8.26. The molecule has 3 rings (SSSR count). The lowest BCUT2D eigenvalue weighted by Gasteiger charge is -2.07. The molecule has 1 saturated heterocycles. The van der Waals surface area contributed by atoms with Crippen molar-refractivity contribution in [3.8, 4) is 0 Å². The molecule has 29 heavy (non-hydrogen) atoms. The number of anilines is 1. The molecule has 0 aliphatic carbocycles. The Hall–Kier alpha value is -2.97. The number of carbonyl (C=O) groups is 3. The highest BCUT2D eigenvalue weighted by atomic mass is 32.2. The fraction of sp³-hybridized carbons (Fsp3) is 0.143. The Morgan fingerprint density at radius 2 is 1.72 bits per heavy atom. The van der Waals surface area contributed by atoms with Gasteiger partial charge in [0.2, 0.25) is 0 Å². The molecule has 6 nitrogen and oxygen atoms in total. The molecule has 1 heterocycles. The Balaban J connectivity index is 1.66. The summed E-state index contributed by atoms with van der Waals surface area (Å²) in [6.45, 7) is 2.05. The van der Waals surface area contributed by atoms with Crippen LogP contribution in [0.4, 0.5) is 5.69 Å². The van der Waals surface area contributed by atoms with Crippen LogP contribution in [0.2, 0.25) is 0 Å². The fourth-order valence-corrected chi connectivity index (χ4v) is 3.71. The lowest BCUT2D eigenvalue weighted by molar-refractivity contribution is -0.121. The van der Waals surface area contributed by atoms with E-state index in [1.807, 2.05) is 0 Å². The highest BCUT2D eigenvalue weighted by Crippen LogP contribution is 2.31. The van der Waals surface area contributed by atoms with Crippen molar-refractivity contribution in [2.24, 2.45) is 0 Å². The molecular formula is C21H18N2O4S2. The fourth-order valence-electron chi connectivity index (χ4n) is 2.54. The molecule has 0 aromatic heterocycles. The summed E-state index contributed by atoms with van der Waals surface area (Å²) in [5, 5.41) is 2.78. The van der Waals surface area contributed by atoms with Crippen LogP contribution in [-0.2, 0) is 9.53 Å². The number of thioether (sulfide) groups is 1. The van der Waals surface area contributed by atoms with Crippen molar-refractivity contribution in [2.75, 3.05) is 19.0 Å². The molecule has 0 unspecified atom stereocenters. The average molecular weight is 427 g/mol. The van der Waals surface area contributed by atoms with Crippen LogP contribution in [0.3, 0.4) is 0 Å². The largest absolute Gasteiger partial charge is 0.462 e. The van der Waals surface area contributed by atoms with Crippen LogP contribution in [0.25, 0.3) is 6.08 Å². The van der Waals surface area contributed by atoms with Gasteiger partial charge in [-0.1, -0.05) is 36.1 Å². The summed E-state index contributed by atoms with van der Waals surface area (Å²) in [5.41, 5.74) is 2.26. The number of rotatable bonds is 5. The second-order valence-electron chi connectivity index (χ2n) is 6.11. The summed E-state index contributed by atoms with van der Waals surface area (Å²) < 4.78 is 5.45. The number of ether oxygens (including phenoxy) is 1. The molecule has 0 spiro atoms. The van der Waals surface area contributed by atoms with Crippen molar-refractivity contribution in [1.29, 1.82) is 0 Å². The Morgan fingerprint density at radius 1 is 1.10 bits per heavy atom. The van der Waals surface area contributed by atoms with E-state index in [9.17, 15) is 14.4 Å². The van der Waals surface area contributed by atoms with E-state index >= 15 is 0 Å². The maximum atomic E-state index is 12.4. The van der Waals surface area contributed by atoms with Crippen molar-refractivity contribution < 1.29 is 19.1 Å². The molecular weight excluding hydrogens is 408 g/mol. The van der Waals surface area contributed by atoms with Gasteiger partial charge >= 0.3 is 5.97 Å². The smallest absolute Gasteiger partial charge is 0.338 e. The topological polar surface area (TPSA) is 75.7 Å². The summed E-state index contributed by atoms with van der Waals surface area (Å²) in [4.78, 5) is 38.1. The van der Waals surface area contributed by atoms with Crippen LogP contribution >= 0.6 is 24.0 Å². The molecule has 0 atom stereocenters. The predicted molar refractivity (Wildman–Crippen MR) is 118 cm³/mol. The number of thiocarbonyl (C=S) groups is 1. The van der Waals surface area contributed by atoms with Gasteiger partial charge in [0.05, 0.1) is 17.1 Å². The SMILES string of the molecule is CCOC(=O)c1ccc(NC(=O)c2ccc(/C=C3/SC(=S)N(C)C3=O)cc2)cc1. The lowest BCUT2D eigenvalue weighted by Crippen LogP contribution is -2.22. The zero-order valence-electron chi connectivity index (χ0n) is 15.8. The number of esters is 1. The van der Waals surface area contributed by atoms with Gasteiger partial charge in [-0.25, -0.2) is 4.79 Å². The van der Waals surface area contributed by atoms with Crippen molar-refractivity contribution >= 4 is 57.8 Å². The van der Waals surface area contributed by atoms with E-state index in [0.29, 0.717) is 32.6 Å². The molecule has 0 bridgehead atoms. The van der Waals surface area contributed by atoms with Crippen LogP contribution in [0.1, 0.15) is 33.2 Å². The van der Waals surface area contributed by atoms with E-state index in [-0.39, 0.29) is 11.8 Å². The predicted octanol–water partition coefficient (Wildman–Crippen LogP) is 3.95. The second kappa shape index (κ2) is 9.02. The van der Waals surface area contributed by atoms with E-state index in [4.69, 9.17) is 17.0 Å². The van der Waals surface area contributed by atoms with Crippen LogP contribution in [0, 0.1) is 0 Å². The van der Waals surface area contributed by atoms with Gasteiger partial charge in [-0.3, -0.25) is 14.5 Å². The summed E-state index contributed by atoms with van der Waals surface area (Å²) >= 11 is 6.36. The summed E-state index contributed by atoms with van der Waals surface area (Å²) in [5.74, 6) is -0.811. The first kappa shape index (κ1) is 20.8. The van der Waals surface area contributed by atoms with Crippen LogP contribution < -0.4 is 5.32 Å². The van der Waals surface area contributed by atoms with Gasteiger partial charge in [0, 0.05) is 18.3 Å². The molecule has 0 radical (unpaired) electrons. The third-order valence-corrected chi connectivity index (χ3v) is 5.60. The van der Waals surface area contributed by atoms with E-state index in [0.717, 1.165) is 5.56 Å².